The van der Waals surface area contributed by atoms with E-state index >= 15 is 0 Å². The number of aromatic nitrogens is 1. The van der Waals surface area contributed by atoms with Crippen molar-refractivity contribution in [3.05, 3.63) is 23.9 Å². The van der Waals surface area contributed by atoms with E-state index < -0.39 is 0 Å². The summed E-state index contributed by atoms with van der Waals surface area (Å²) in [6, 6.07) is 4.19. The molecule has 0 saturated heterocycles. The second-order valence-electron chi connectivity index (χ2n) is 7.39. The molecule has 1 fully saturated rings. The summed E-state index contributed by atoms with van der Waals surface area (Å²) in [5.41, 5.74) is 13.9. The van der Waals surface area contributed by atoms with Gasteiger partial charge in [-0.2, -0.15) is 0 Å². The first-order valence-corrected chi connectivity index (χ1v) is 7.83. The molecule has 0 aromatic carbocycles. The molecule has 3 nitrogen and oxygen atoms in total. The Balaban J connectivity index is 1.89. The molecule has 4 N–H and O–H groups in total. The summed E-state index contributed by atoms with van der Waals surface area (Å²) >= 11 is 0. The molecular formula is C17H29N3. The number of anilines is 1. The topological polar surface area (TPSA) is 64.9 Å². The van der Waals surface area contributed by atoms with E-state index in [0.29, 0.717) is 17.2 Å². The van der Waals surface area contributed by atoms with Crippen molar-refractivity contribution in [1.82, 2.24) is 4.98 Å². The Morgan fingerprint density at radius 1 is 1.25 bits per heavy atom. The lowest BCUT2D eigenvalue weighted by Crippen LogP contribution is -2.37. The van der Waals surface area contributed by atoms with Crippen molar-refractivity contribution in [3.8, 4) is 0 Å². The first-order valence-electron chi connectivity index (χ1n) is 7.83. The van der Waals surface area contributed by atoms with E-state index in [0.717, 1.165) is 17.9 Å². The zero-order chi connectivity index (χ0) is 14.8. The van der Waals surface area contributed by atoms with Crippen LogP contribution < -0.4 is 11.5 Å². The maximum Gasteiger partial charge on any atom is 0.126 e. The van der Waals surface area contributed by atoms with Gasteiger partial charge in [-0.15, -0.1) is 0 Å². The van der Waals surface area contributed by atoms with Crippen molar-refractivity contribution in [2.45, 2.75) is 58.9 Å². The van der Waals surface area contributed by atoms with Crippen LogP contribution in [-0.2, 0) is 6.42 Å². The van der Waals surface area contributed by atoms with Gasteiger partial charge >= 0.3 is 0 Å². The van der Waals surface area contributed by atoms with Crippen LogP contribution in [0.4, 0.5) is 5.82 Å². The Kier molecular flexibility index (Phi) is 4.69. The molecule has 1 aromatic heterocycles. The molecule has 3 heteroatoms. The van der Waals surface area contributed by atoms with Gasteiger partial charge < -0.3 is 11.5 Å². The Hall–Kier alpha value is -1.09. The SMILES string of the molecule is CC(C)(C)C1CCC(C(N)Cc2cccnc2N)CC1. The van der Waals surface area contributed by atoms with Crippen molar-refractivity contribution in [2.75, 3.05) is 5.73 Å². The van der Waals surface area contributed by atoms with Crippen LogP contribution in [-0.4, -0.2) is 11.0 Å². The van der Waals surface area contributed by atoms with Crippen molar-refractivity contribution in [2.24, 2.45) is 23.0 Å². The van der Waals surface area contributed by atoms with Gasteiger partial charge in [0, 0.05) is 12.2 Å². The molecule has 1 aliphatic rings. The van der Waals surface area contributed by atoms with Crippen LogP contribution in [0, 0.1) is 17.3 Å². The number of nitrogen functional groups attached to an aromatic ring is 1. The molecule has 1 unspecified atom stereocenters. The van der Waals surface area contributed by atoms with Gasteiger partial charge in [0.1, 0.15) is 5.82 Å². The Bertz CT molecular complexity index is 428. The molecule has 0 aliphatic heterocycles. The van der Waals surface area contributed by atoms with E-state index in [1.54, 1.807) is 6.20 Å². The third-order valence-electron chi connectivity index (χ3n) is 4.98. The second-order valence-corrected chi connectivity index (χ2v) is 7.39. The molecule has 1 heterocycles. The summed E-state index contributed by atoms with van der Waals surface area (Å²) in [5, 5.41) is 0. The van der Waals surface area contributed by atoms with Crippen LogP contribution in [0.15, 0.2) is 18.3 Å². The molecule has 1 aromatic rings. The Morgan fingerprint density at radius 3 is 2.45 bits per heavy atom. The first-order chi connectivity index (χ1) is 9.38. The van der Waals surface area contributed by atoms with Crippen LogP contribution in [0.5, 0.6) is 0 Å². The van der Waals surface area contributed by atoms with Crippen LogP contribution >= 0.6 is 0 Å². The minimum absolute atomic E-state index is 0.211. The van der Waals surface area contributed by atoms with Gasteiger partial charge in [-0.25, -0.2) is 4.98 Å². The number of nitrogens with zero attached hydrogens (tertiary/aromatic N) is 1. The van der Waals surface area contributed by atoms with E-state index in [1.165, 1.54) is 25.7 Å². The van der Waals surface area contributed by atoms with Crippen LogP contribution in [0.3, 0.4) is 0 Å². The minimum Gasteiger partial charge on any atom is -0.383 e. The molecule has 0 spiro atoms. The quantitative estimate of drug-likeness (QED) is 0.888. The molecule has 0 bridgehead atoms. The second kappa shape index (κ2) is 6.13. The third-order valence-corrected chi connectivity index (χ3v) is 4.98. The standard InChI is InChI=1S/C17H29N3/c1-17(2,3)14-8-6-12(7-9-14)15(18)11-13-5-4-10-20-16(13)19/h4-5,10,12,14-15H,6-9,11,18H2,1-3H3,(H2,19,20). The summed E-state index contributed by atoms with van der Waals surface area (Å²) in [6.45, 7) is 7.07. The average molecular weight is 275 g/mol. The molecule has 1 atom stereocenters. The number of pyridine rings is 1. The van der Waals surface area contributed by atoms with Crippen LogP contribution in [0.2, 0.25) is 0 Å². The maximum atomic E-state index is 6.42. The normalized spacial score (nSPS) is 25.4. The van der Waals surface area contributed by atoms with Gasteiger partial charge in [-0.05, 0) is 61.0 Å². The minimum atomic E-state index is 0.211. The lowest BCUT2D eigenvalue weighted by Gasteiger charge is -2.38. The maximum absolute atomic E-state index is 6.42. The average Bonchev–Trinajstić information content (AvgIpc) is 2.40. The highest BCUT2D eigenvalue weighted by Crippen LogP contribution is 2.40. The zero-order valence-corrected chi connectivity index (χ0v) is 13.1. The highest BCUT2D eigenvalue weighted by Gasteiger charge is 2.31. The van der Waals surface area contributed by atoms with Crippen LogP contribution in [0.1, 0.15) is 52.0 Å². The Labute approximate surface area is 123 Å². The number of hydrogen-bond donors (Lipinski definition) is 2. The fraction of sp³-hybridized carbons (Fsp3) is 0.706. The van der Waals surface area contributed by atoms with E-state index in [9.17, 15) is 0 Å². The number of rotatable bonds is 3. The molecule has 1 aliphatic carbocycles. The number of hydrogen-bond acceptors (Lipinski definition) is 3. The highest BCUT2D eigenvalue weighted by atomic mass is 14.8. The summed E-state index contributed by atoms with van der Waals surface area (Å²) < 4.78 is 0. The molecule has 112 valence electrons. The molecule has 20 heavy (non-hydrogen) atoms. The predicted molar refractivity (Wildman–Crippen MR) is 85.2 cm³/mol. The lowest BCUT2D eigenvalue weighted by atomic mass is 9.68. The number of nitrogens with two attached hydrogens (primary N) is 2. The fourth-order valence-corrected chi connectivity index (χ4v) is 3.46. The van der Waals surface area contributed by atoms with Gasteiger partial charge in [-0.3, -0.25) is 0 Å². The van der Waals surface area contributed by atoms with E-state index in [4.69, 9.17) is 11.5 Å². The van der Waals surface area contributed by atoms with E-state index in [1.807, 2.05) is 12.1 Å². The first kappa shape index (κ1) is 15.3. The lowest BCUT2D eigenvalue weighted by molar-refractivity contribution is 0.139. The predicted octanol–water partition coefficient (Wildman–Crippen LogP) is 3.39. The van der Waals surface area contributed by atoms with Gasteiger partial charge in [0.25, 0.3) is 0 Å². The van der Waals surface area contributed by atoms with Crippen molar-refractivity contribution in [1.29, 1.82) is 0 Å². The fourth-order valence-electron chi connectivity index (χ4n) is 3.46. The summed E-state index contributed by atoms with van der Waals surface area (Å²) in [4.78, 5) is 4.14. The summed E-state index contributed by atoms with van der Waals surface area (Å²) in [6.07, 6.45) is 7.71. The molecule has 0 radical (unpaired) electrons. The molecule has 0 amide bonds. The van der Waals surface area contributed by atoms with Crippen molar-refractivity contribution >= 4 is 5.82 Å². The van der Waals surface area contributed by atoms with Gasteiger partial charge in [-0.1, -0.05) is 26.8 Å². The molecule has 2 rings (SSSR count). The highest BCUT2D eigenvalue weighted by molar-refractivity contribution is 5.38. The monoisotopic (exact) mass is 275 g/mol. The summed E-state index contributed by atoms with van der Waals surface area (Å²) in [5.74, 6) is 2.11. The van der Waals surface area contributed by atoms with Crippen LogP contribution in [0.25, 0.3) is 0 Å². The smallest absolute Gasteiger partial charge is 0.126 e. The third kappa shape index (κ3) is 3.72. The van der Waals surface area contributed by atoms with Gasteiger partial charge in [0.05, 0.1) is 0 Å². The van der Waals surface area contributed by atoms with Crippen molar-refractivity contribution in [3.63, 3.8) is 0 Å². The Morgan fingerprint density at radius 2 is 1.90 bits per heavy atom. The zero-order valence-electron chi connectivity index (χ0n) is 13.1. The molecule has 1 saturated carbocycles. The van der Waals surface area contributed by atoms with E-state index in [-0.39, 0.29) is 6.04 Å². The van der Waals surface area contributed by atoms with Gasteiger partial charge in [0.15, 0.2) is 0 Å². The van der Waals surface area contributed by atoms with E-state index in [2.05, 4.69) is 25.8 Å². The largest absolute Gasteiger partial charge is 0.383 e. The van der Waals surface area contributed by atoms with Gasteiger partial charge in [0.2, 0.25) is 0 Å². The summed E-state index contributed by atoms with van der Waals surface area (Å²) in [7, 11) is 0. The molecular weight excluding hydrogens is 246 g/mol. The van der Waals surface area contributed by atoms with Crippen molar-refractivity contribution < 1.29 is 0 Å².